The van der Waals surface area contributed by atoms with E-state index in [1.54, 1.807) is 12.0 Å². The van der Waals surface area contributed by atoms with Gasteiger partial charge in [-0.1, -0.05) is 12.1 Å². The van der Waals surface area contributed by atoms with Crippen molar-refractivity contribution in [3.05, 3.63) is 47.1 Å². The van der Waals surface area contributed by atoms with Gasteiger partial charge in [-0.3, -0.25) is 4.90 Å². The zero-order valence-corrected chi connectivity index (χ0v) is 23.8. The van der Waals surface area contributed by atoms with Crippen LogP contribution in [-0.2, 0) is 20.8 Å². The van der Waals surface area contributed by atoms with Gasteiger partial charge in [-0.05, 0) is 80.7 Å². The molecule has 0 radical (unpaired) electrons. The summed E-state index contributed by atoms with van der Waals surface area (Å²) in [5, 5.41) is 16.5. The second kappa shape index (κ2) is 10.2. The number of benzene rings is 1. The van der Waals surface area contributed by atoms with Gasteiger partial charge in [0.2, 0.25) is 0 Å². The summed E-state index contributed by atoms with van der Waals surface area (Å²) in [6, 6.07) is 6.29. The van der Waals surface area contributed by atoms with Crippen molar-refractivity contribution in [3.63, 3.8) is 0 Å². The molecule has 40 heavy (non-hydrogen) atoms. The minimum absolute atomic E-state index is 0.114. The molecular formula is C31H39N5O4. The van der Waals surface area contributed by atoms with Gasteiger partial charge in [0.1, 0.15) is 23.8 Å². The van der Waals surface area contributed by atoms with Gasteiger partial charge >= 0.3 is 6.09 Å². The van der Waals surface area contributed by atoms with Crippen molar-refractivity contribution >= 4 is 23.1 Å². The smallest absolute Gasteiger partial charge is 0.410 e. The highest BCUT2D eigenvalue weighted by Crippen LogP contribution is 2.47. The van der Waals surface area contributed by atoms with Gasteiger partial charge < -0.3 is 30.0 Å². The maximum Gasteiger partial charge on any atom is 0.410 e. The molecule has 6 rings (SSSR count). The van der Waals surface area contributed by atoms with Crippen molar-refractivity contribution in [3.8, 4) is 11.3 Å². The number of H-pyrrole nitrogens is 1. The first-order valence-electron chi connectivity index (χ1n) is 14.3. The number of imidazole rings is 1. The molecule has 4 unspecified atom stereocenters. The number of nitrogens with one attached hydrogen (secondary N) is 3. The fraction of sp³-hybridized carbons (Fsp3) is 0.548. The second-order valence-electron chi connectivity index (χ2n) is 12.7. The molecule has 1 aromatic carbocycles. The Morgan fingerprint density at radius 2 is 2.08 bits per heavy atom. The van der Waals surface area contributed by atoms with E-state index in [2.05, 4.69) is 23.2 Å². The molecule has 0 spiro atoms. The number of aromatic nitrogens is 2. The summed E-state index contributed by atoms with van der Waals surface area (Å²) < 4.78 is 17.4. The van der Waals surface area contributed by atoms with Crippen LogP contribution in [-0.4, -0.2) is 58.2 Å². The van der Waals surface area contributed by atoms with E-state index in [0.29, 0.717) is 43.5 Å². The first-order chi connectivity index (χ1) is 19.1. The highest BCUT2D eigenvalue weighted by Gasteiger charge is 2.41. The van der Waals surface area contributed by atoms with E-state index in [1.165, 1.54) is 11.1 Å². The molecule has 4 atom stereocenters. The lowest BCUT2D eigenvalue weighted by atomic mass is 9.67. The van der Waals surface area contributed by atoms with Crippen molar-refractivity contribution in [2.75, 3.05) is 20.3 Å². The van der Waals surface area contributed by atoms with Crippen LogP contribution in [0.25, 0.3) is 16.8 Å². The zero-order chi connectivity index (χ0) is 28.2. The van der Waals surface area contributed by atoms with E-state index in [9.17, 15) is 4.79 Å². The Hall–Kier alpha value is -3.46. The van der Waals surface area contributed by atoms with Gasteiger partial charge in [0, 0.05) is 31.9 Å². The first kappa shape index (κ1) is 26.7. The number of rotatable bonds is 4. The molecule has 3 N–H and O–H groups in total. The Kier molecular flexibility index (Phi) is 6.81. The number of fused-ring (bicyclic) bond motifs is 3. The number of nitrogens with zero attached hydrogens (tertiary/aromatic N) is 2. The monoisotopic (exact) mass is 545 g/mol. The van der Waals surface area contributed by atoms with Crippen LogP contribution in [0.4, 0.5) is 4.79 Å². The molecule has 2 aliphatic heterocycles. The van der Waals surface area contributed by atoms with Crippen molar-refractivity contribution in [1.82, 2.24) is 14.9 Å². The number of aromatic amines is 1. The second-order valence-corrected chi connectivity index (χ2v) is 12.7. The number of hydrogen-bond acceptors (Lipinski definition) is 7. The Morgan fingerprint density at radius 3 is 2.85 bits per heavy atom. The van der Waals surface area contributed by atoms with Gasteiger partial charge in [-0.2, -0.15) is 0 Å². The third kappa shape index (κ3) is 4.96. The molecule has 0 bridgehead atoms. The van der Waals surface area contributed by atoms with Crippen molar-refractivity contribution < 1.29 is 19.0 Å². The third-order valence-electron chi connectivity index (χ3n) is 8.71. The lowest BCUT2D eigenvalue weighted by Gasteiger charge is -2.40. The van der Waals surface area contributed by atoms with Crippen molar-refractivity contribution in [2.24, 2.45) is 17.8 Å². The Bertz CT molecular complexity index is 1390. The molecule has 212 valence electrons. The van der Waals surface area contributed by atoms with Crippen LogP contribution in [0, 0.1) is 28.6 Å². The minimum Gasteiger partial charge on any atom is -0.493 e. The van der Waals surface area contributed by atoms with Crippen molar-refractivity contribution in [1.29, 1.82) is 10.8 Å². The van der Waals surface area contributed by atoms with E-state index >= 15 is 0 Å². The van der Waals surface area contributed by atoms with E-state index in [0.717, 1.165) is 54.1 Å². The number of amides is 1. The van der Waals surface area contributed by atoms with Crippen LogP contribution in [0.15, 0.2) is 30.2 Å². The maximum atomic E-state index is 13.0. The van der Waals surface area contributed by atoms with Gasteiger partial charge in [0.15, 0.2) is 0 Å². The van der Waals surface area contributed by atoms with Crippen LogP contribution in [0.1, 0.15) is 75.9 Å². The number of methoxy groups -OCH3 is 1. The van der Waals surface area contributed by atoms with E-state index in [-0.39, 0.29) is 24.0 Å². The van der Waals surface area contributed by atoms with Crippen LogP contribution in [0.2, 0.25) is 0 Å². The summed E-state index contributed by atoms with van der Waals surface area (Å²) in [7, 11) is 1.69. The lowest BCUT2D eigenvalue weighted by molar-refractivity contribution is 0.0208. The summed E-state index contributed by atoms with van der Waals surface area (Å²) in [5.74, 6) is 2.49. The average Bonchev–Trinajstić information content (AvgIpc) is 3.57. The first-order valence-corrected chi connectivity index (χ1v) is 14.3. The van der Waals surface area contributed by atoms with E-state index in [4.69, 9.17) is 30.0 Å². The molecule has 1 saturated carbocycles. The summed E-state index contributed by atoms with van der Waals surface area (Å²) in [6.07, 6.45) is 5.58. The average molecular weight is 546 g/mol. The Morgan fingerprint density at radius 1 is 1.25 bits per heavy atom. The molecule has 1 saturated heterocycles. The molecule has 2 fully saturated rings. The number of hydrogen-bond donors (Lipinski definition) is 3. The fourth-order valence-corrected chi connectivity index (χ4v) is 6.80. The molecule has 9 heteroatoms. The number of allylic oxidation sites excluding steroid dienone is 2. The summed E-state index contributed by atoms with van der Waals surface area (Å²) >= 11 is 0. The largest absolute Gasteiger partial charge is 0.493 e. The lowest BCUT2D eigenvalue weighted by Crippen LogP contribution is -2.38. The number of carbonyl (C=O) groups excluding carboxylic acids is 1. The van der Waals surface area contributed by atoms with Crippen molar-refractivity contribution in [2.45, 2.75) is 71.1 Å². The normalized spacial score (nSPS) is 26.2. The van der Waals surface area contributed by atoms with E-state index < -0.39 is 5.60 Å². The molecule has 1 aromatic heterocycles. The van der Waals surface area contributed by atoms with Gasteiger partial charge in [-0.25, -0.2) is 9.78 Å². The number of carbonyl (C=O) groups is 1. The van der Waals surface area contributed by atoms with Crippen LogP contribution in [0.3, 0.4) is 0 Å². The van der Waals surface area contributed by atoms with Crippen LogP contribution in [0.5, 0.6) is 0 Å². The minimum atomic E-state index is -0.573. The Balaban J connectivity index is 1.24. The molecule has 3 heterocycles. The molecule has 1 amide bonds. The molecule has 4 aliphatic rings. The maximum absolute atomic E-state index is 13.0. The van der Waals surface area contributed by atoms with Crippen LogP contribution >= 0.6 is 0 Å². The predicted octanol–water partition coefficient (Wildman–Crippen LogP) is 6.12. The summed E-state index contributed by atoms with van der Waals surface area (Å²) in [5.41, 5.74) is 6.02. The summed E-state index contributed by atoms with van der Waals surface area (Å²) in [4.78, 5) is 23.0. The topological polar surface area (TPSA) is 124 Å². The summed E-state index contributed by atoms with van der Waals surface area (Å²) in [6.45, 7) is 7.29. The number of ether oxygens (including phenoxy) is 3. The molecule has 2 aliphatic carbocycles. The van der Waals surface area contributed by atoms with Gasteiger partial charge in [0.05, 0.1) is 36.0 Å². The van der Waals surface area contributed by atoms with Gasteiger partial charge in [-0.15, -0.1) is 0 Å². The quantitative estimate of drug-likeness (QED) is 0.427. The van der Waals surface area contributed by atoms with E-state index in [1.807, 2.05) is 27.0 Å². The SMILES string of the molecule is COCC1CC(c2ncc(-c3ccc4c(c3)COC3=C4CC4CCC(=N)C(=N)C4C3)[nH]2)N(C(=O)OC(C)(C)C)C1. The number of likely N-dealkylation sites (tertiary alicyclic amines) is 1. The highest BCUT2D eigenvalue weighted by molar-refractivity contribution is 6.41. The highest BCUT2D eigenvalue weighted by atomic mass is 16.6. The third-order valence-corrected chi connectivity index (χ3v) is 8.71. The molecular weight excluding hydrogens is 506 g/mol. The Labute approximate surface area is 235 Å². The van der Waals surface area contributed by atoms with Crippen LogP contribution < -0.4 is 0 Å². The standard InChI is InChI=1S/C31H39N5O4/c1-31(2,3)40-30(37)36-14-17(15-38-4)9-26(36)29-34-13-25(35-29)19-5-7-21-20(10-19)16-39-27-12-22-18(11-23(21)27)6-8-24(32)28(22)33/h5,7,10,13,17-18,22,26,32-33H,6,8-9,11-12,14-16H2,1-4H3,(H,34,35). The fourth-order valence-electron chi connectivity index (χ4n) is 6.80. The molecule has 9 nitrogen and oxygen atoms in total. The zero-order valence-electron chi connectivity index (χ0n) is 23.8. The predicted molar refractivity (Wildman–Crippen MR) is 152 cm³/mol. The molecule has 2 aromatic rings. The van der Waals surface area contributed by atoms with Gasteiger partial charge in [0.25, 0.3) is 0 Å².